The fourth-order valence-electron chi connectivity index (χ4n) is 4.08. The third kappa shape index (κ3) is 5.22. The first-order valence-electron chi connectivity index (χ1n) is 10.2. The van der Waals surface area contributed by atoms with E-state index in [4.69, 9.17) is 0 Å². The van der Waals surface area contributed by atoms with E-state index in [-0.39, 0.29) is 17.9 Å². The Bertz CT molecular complexity index is 681. The Morgan fingerprint density at radius 3 is 2.63 bits per heavy atom. The molecule has 148 valence electrons. The molecule has 0 radical (unpaired) electrons. The number of nitrogens with zero attached hydrogens (tertiary/aromatic N) is 2. The second kappa shape index (κ2) is 8.74. The van der Waals surface area contributed by atoms with Gasteiger partial charge in [0.2, 0.25) is 5.91 Å². The van der Waals surface area contributed by atoms with Crippen LogP contribution in [0.1, 0.15) is 31.4 Å². The number of quaternary nitrogens is 1. The van der Waals surface area contributed by atoms with E-state index in [9.17, 15) is 9.59 Å². The van der Waals surface area contributed by atoms with Crippen LogP contribution in [0.15, 0.2) is 18.2 Å². The van der Waals surface area contributed by atoms with Gasteiger partial charge in [-0.25, -0.2) is 0 Å². The maximum absolute atomic E-state index is 12.8. The summed E-state index contributed by atoms with van der Waals surface area (Å²) in [6, 6.07) is 6.71. The summed E-state index contributed by atoms with van der Waals surface area (Å²) in [5, 5.41) is 2.94. The largest absolute Gasteiger partial charge is 0.362 e. The summed E-state index contributed by atoms with van der Waals surface area (Å²) in [5.74, 6) is 0.300. The summed E-state index contributed by atoms with van der Waals surface area (Å²) in [6.45, 7) is 11.1. The average molecular weight is 374 g/mol. The number of benzene rings is 1. The smallest absolute Gasteiger partial charge is 0.275 e. The van der Waals surface area contributed by atoms with Gasteiger partial charge in [-0.15, -0.1) is 0 Å². The van der Waals surface area contributed by atoms with Crippen molar-refractivity contribution >= 4 is 17.5 Å². The lowest BCUT2D eigenvalue weighted by molar-refractivity contribution is -0.896. The first kappa shape index (κ1) is 19.7. The van der Waals surface area contributed by atoms with Crippen LogP contribution in [0.25, 0.3) is 0 Å². The van der Waals surface area contributed by atoms with Crippen LogP contribution in [-0.4, -0.2) is 68.6 Å². The average Bonchev–Trinajstić information content (AvgIpc) is 2.61. The Kier molecular flexibility index (Phi) is 6.37. The van der Waals surface area contributed by atoms with Crippen molar-refractivity contribution in [2.75, 3.05) is 50.7 Å². The lowest BCUT2D eigenvalue weighted by Crippen LogP contribution is -3.16. The molecule has 0 aliphatic carbocycles. The van der Waals surface area contributed by atoms with E-state index in [1.807, 2.05) is 18.7 Å². The van der Waals surface area contributed by atoms with Crippen LogP contribution in [-0.2, 0) is 16.0 Å². The number of aryl methyl sites for hydroxylation is 2. The molecule has 0 unspecified atom stereocenters. The van der Waals surface area contributed by atoms with Gasteiger partial charge in [0.25, 0.3) is 5.91 Å². The molecule has 27 heavy (non-hydrogen) atoms. The zero-order valence-corrected chi connectivity index (χ0v) is 16.9. The fraction of sp³-hybridized carbons (Fsp3) is 0.619. The highest BCUT2D eigenvalue weighted by atomic mass is 16.2. The van der Waals surface area contributed by atoms with Gasteiger partial charge in [-0.1, -0.05) is 17.7 Å². The molecule has 0 saturated carbocycles. The number of carbonyl (C=O) groups is 2. The Morgan fingerprint density at radius 2 is 1.93 bits per heavy atom. The molecular weight excluding hydrogens is 340 g/mol. The van der Waals surface area contributed by atoms with Crippen LogP contribution in [0.4, 0.5) is 5.69 Å². The van der Waals surface area contributed by atoms with Crippen molar-refractivity contribution in [1.29, 1.82) is 0 Å². The quantitative estimate of drug-likeness (QED) is 0.764. The topological polar surface area (TPSA) is 57.1 Å². The lowest BCUT2D eigenvalue weighted by Gasteiger charge is -2.35. The molecule has 6 heteroatoms. The lowest BCUT2D eigenvalue weighted by atomic mass is 9.99. The Hall–Kier alpha value is -2.08. The number of rotatable bonds is 5. The van der Waals surface area contributed by atoms with Crippen molar-refractivity contribution in [3.05, 3.63) is 29.3 Å². The van der Waals surface area contributed by atoms with Gasteiger partial charge < -0.3 is 20.0 Å². The molecule has 1 aromatic carbocycles. The summed E-state index contributed by atoms with van der Waals surface area (Å²) in [6.07, 6.45) is 2.20. The van der Waals surface area contributed by atoms with E-state index in [0.717, 1.165) is 45.6 Å². The van der Waals surface area contributed by atoms with E-state index >= 15 is 0 Å². The number of anilines is 1. The Labute approximate surface area is 162 Å². The molecule has 0 spiro atoms. The van der Waals surface area contributed by atoms with Crippen molar-refractivity contribution < 1.29 is 14.5 Å². The van der Waals surface area contributed by atoms with E-state index in [0.29, 0.717) is 13.1 Å². The predicted molar refractivity (Wildman–Crippen MR) is 107 cm³/mol. The number of hydrogen-bond donors (Lipinski definition) is 2. The van der Waals surface area contributed by atoms with E-state index in [1.165, 1.54) is 21.7 Å². The first-order chi connectivity index (χ1) is 12.9. The number of hydrogen-bond acceptors (Lipinski definition) is 3. The first-order valence-corrected chi connectivity index (χ1v) is 10.2. The Balaban J connectivity index is 1.50. The molecule has 0 aromatic heterocycles. The number of piperazine rings is 1. The van der Waals surface area contributed by atoms with Crippen molar-refractivity contribution in [3.63, 3.8) is 0 Å². The minimum atomic E-state index is 0.0972. The number of carbonyl (C=O) groups excluding carboxylic acids is 2. The minimum absolute atomic E-state index is 0.0972. The van der Waals surface area contributed by atoms with Gasteiger partial charge in [0.05, 0.1) is 32.7 Å². The fourth-order valence-corrected chi connectivity index (χ4v) is 4.08. The molecule has 2 heterocycles. The van der Waals surface area contributed by atoms with Crippen LogP contribution < -0.4 is 15.1 Å². The molecule has 2 amide bonds. The third-order valence-corrected chi connectivity index (χ3v) is 5.46. The molecule has 2 aliphatic heterocycles. The number of fused-ring (bicyclic) bond motifs is 1. The summed E-state index contributed by atoms with van der Waals surface area (Å²) in [4.78, 5) is 30.2. The zero-order chi connectivity index (χ0) is 19.4. The van der Waals surface area contributed by atoms with Crippen molar-refractivity contribution in [2.45, 2.75) is 39.7 Å². The van der Waals surface area contributed by atoms with Gasteiger partial charge >= 0.3 is 0 Å². The second-order valence-corrected chi connectivity index (χ2v) is 8.19. The number of nitrogens with one attached hydrogen (secondary N) is 2. The summed E-state index contributed by atoms with van der Waals surface area (Å²) < 4.78 is 0. The van der Waals surface area contributed by atoms with Crippen molar-refractivity contribution in [3.8, 4) is 0 Å². The monoisotopic (exact) mass is 373 g/mol. The predicted octanol–water partition coefficient (Wildman–Crippen LogP) is -0.000680. The summed E-state index contributed by atoms with van der Waals surface area (Å²) >= 11 is 0. The maximum atomic E-state index is 12.8. The molecular formula is C21H33N4O2+. The Morgan fingerprint density at radius 1 is 1.19 bits per heavy atom. The molecule has 1 aromatic rings. The van der Waals surface area contributed by atoms with Gasteiger partial charge in [-0.2, -0.15) is 0 Å². The van der Waals surface area contributed by atoms with Crippen molar-refractivity contribution in [1.82, 2.24) is 10.2 Å². The SMILES string of the molecule is Cc1ccc2c(c1)CCCN2CC(=O)N1CC[NH+](CC(=O)NC(C)C)CC1. The van der Waals surface area contributed by atoms with Gasteiger partial charge in [0.1, 0.15) is 0 Å². The third-order valence-electron chi connectivity index (χ3n) is 5.46. The van der Waals surface area contributed by atoms with E-state index < -0.39 is 0 Å². The molecule has 2 N–H and O–H groups in total. The number of amides is 2. The van der Waals surface area contributed by atoms with E-state index in [1.54, 1.807) is 0 Å². The summed E-state index contributed by atoms with van der Waals surface area (Å²) in [5.41, 5.74) is 3.86. The molecule has 0 bridgehead atoms. The molecule has 0 atom stereocenters. The molecule has 6 nitrogen and oxygen atoms in total. The standard InChI is InChI=1S/C21H32N4O2/c1-16(2)22-20(26)14-23-9-11-24(12-10-23)21(27)15-25-8-4-5-18-13-17(3)6-7-19(18)25/h6-7,13,16H,4-5,8-12,14-15H2,1-3H3,(H,22,26)/p+1. The molecule has 3 rings (SSSR count). The highest BCUT2D eigenvalue weighted by Gasteiger charge is 2.27. The molecule has 1 saturated heterocycles. The van der Waals surface area contributed by atoms with Crippen LogP contribution in [0.5, 0.6) is 0 Å². The van der Waals surface area contributed by atoms with Crippen LogP contribution in [0, 0.1) is 6.92 Å². The second-order valence-electron chi connectivity index (χ2n) is 8.19. The van der Waals surface area contributed by atoms with Crippen LogP contribution in [0.2, 0.25) is 0 Å². The van der Waals surface area contributed by atoms with Gasteiger partial charge in [0, 0.05) is 18.3 Å². The van der Waals surface area contributed by atoms with Gasteiger partial charge in [0.15, 0.2) is 6.54 Å². The highest BCUT2D eigenvalue weighted by Crippen LogP contribution is 2.27. The van der Waals surface area contributed by atoms with Gasteiger partial charge in [-0.05, 0) is 45.2 Å². The maximum Gasteiger partial charge on any atom is 0.275 e. The summed E-state index contributed by atoms with van der Waals surface area (Å²) in [7, 11) is 0. The normalized spacial score (nSPS) is 17.8. The molecule has 2 aliphatic rings. The minimum Gasteiger partial charge on any atom is -0.362 e. The van der Waals surface area contributed by atoms with Crippen LogP contribution >= 0.6 is 0 Å². The zero-order valence-electron chi connectivity index (χ0n) is 16.9. The van der Waals surface area contributed by atoms with Crippen LogP contribution in [0.3, 0.4) is 0 Å². The highest BCUT2D eigenvalue weighted by molar-refractivity contribution is 5.82. The molecule has 1 fully saturated rings. The van der Waals surface area contributed by atoms with Crippen molar-refractivity contribution in [2.24, 2.45) is 0 Å². The van der Waals surface area contributed by atoms with Gasteiger partial charge in [-0.3, -0.25) is 9.59 Å². The van der Waals surface area contributed by atoms with E-state index in [2.05, 4.69) is 35.3 Å².